The van der Waals surface area contributed by atoms with Crippen molar-refractivity contribution in [3.8, 4) is 0 Å². The molecule has 0 spiro atoms. The minimum absolute atomic E-state index is 0.880. The Bertz CT molecular complexity index is 2710. The second-order valence-corrected chi connectivity index (χ2v) is 12.5. The van der Waals surface area contributed by atoms with Gasteiger partial charge in [0.2, 0.25) is 0 Å². The van der Waals surface area contributed by atoms with E-state index in [1.54, 1.807) is 0 Å². The van der Waals surface area contributed by atoms with Crippen LogP contribution in [0.15, 0.2) is 130 Å². The Morgan fingerprint density at radius 2 is 0.837 bits per heavy atom. The lowest BCUT2D eigenvalue weighted by atomic mass is 10.0. The topological polar surface area (TPSA) is 52.6 Å². The Kier molecular flexibility index (Phi) is 5.38. The second-order valence-electron chi connectivity index (χ2n) is 10.8. The fourth-order valence-corrected chi connectivity index (χ4v) is 7.20. The number of hydrogen-bond acceptors (Lipinski definition) is 4. The molecule has 206 valence electrons. The second kappa shape index (κ2) is 9.24. The number of hydrogen-bond donors (Lipinski definition) is 0. The van der Waals surface area contributed by atoms with Gasteiger partial charge in [-0.25, -0.2) is 0 Å². The third-order valence-electron chi connectivity index (χ3n) is 8.16. The number of fused-ring (bicyclic) bond motifs is 14. The Morgan fingerprint density at radius 3 is 1.44 bits per heavy atom. The Labute approximate surface area is 260 Å². The first kappa shape index (κ1) is 25.0. The molecule has 0 atom stereocenters. The zero-order valence-corrected chi connectivity index (χ0v) is 25.9. The van der Waals surface area contributed by atoms with Crippen molar-refractivity contribution in [2.45, 2.75) is 6.92 Å². The van der Waals surface area contributed by atoms with E-state index in [-0.39, 0.29) is 0 Å². The minimum Gasteiger partial charge on any atom is -0.456 e. The van der Waals surface area contributed by atoms with Crippen molar-refractivity contribution in [2.24, 2.45) is 0 Å². The van der Waals surface area contributed by atoms with E-state index in [1.165, 1.54) is 5.56 Å². The van der Waals surface area contributed by atoms with Gasteiger partial charge in [-0.05, 0) is 93.4 Å². The molecule has 4 heterocycles. The molecule has 0 unspecified atom stereocenters. The van der Waals surface area contributed by atoms with Crippen LogP contribution in [0, 0.1) is 6.92 Å². The van der Waals surface area contributed by atoms with Crippen LogP contribution in [0.25, 0.3) is 87.8 Å². The van der Waals surface area contributed by atoms with Gasteiger partial charge in [0, 0.05) is 43.1 Å². The van der Waals surface area contributed by atoms with Crippen molar-refractivity contribution in [3.05, 3.63) is 118 Å². The molecule has 0 N–H and O–H groups in total. The van der Waals surface area contributed by atoms with Crippen LogP contribution < -0.4 is 0 Å². The molecule has 0 amide bonds. The molecular weight excluding hydrogens is 668 g/mol. The monoisotopic (exact) mass is 686 g/mol. The molecule has 0 saturated carbocycles. The molecular formula is C37H20Br2O4. The summed E-state index contributed by atoms with van der Waals surface area (Å²) in [6.07, 6.45) is 0. The van der Waals surface area contributed by atoms with E-state index >= 15 is 0 Å². The molecule has 6 heteroatoms. The molecule has 0 radical (unpaired) electrons. The molecule has 0 saturated heterocycles. The van der Waals surface area contributed by atoms with Crippen LogP contribution in [0.2, 0.25) is 0 Å². The number of furan rings is 4. The summed E-state index contributed by atoms with van der Waals surface area (Å²) in [6, 6.07) is 34.6. The molecule has 4 nitrogen and oxygen atoms in total. The normalized spacial score (nSPS) is 12.1. The lowest BCUT2D eigenvalue weighted by Crippen LogP contribution is -1.73. The predicted molar refractivity (Wildman–Crippen MR) is 182 cm³/mol. The fraction of sp³-hybridized carbons (Fsp3) is 0.0270. The number of para-hydroxylation sites is 3. The zero-order valence-electron chi connectivity index (χ0n) is 22.7. The van der Waals surface area contributed by atoms with Gasteiger partial charge in [0.05, 0.1) is 8.95 Å². The van der Waals surface area contributed by atoms with E-state index in [9.17, 15) is 0 Å². The molecule has 0 aliphatic carbocycles. The molecule has 43 heavy (non-hydrogen) atoms. The largest absolute Gasteiger partial charge is 0.456 e. The number of halogens is 2. The molecule has 10 aromatic rings. The van der Waals surface area contributed by atoms with E-state index in [2.05, 4.69) is 69.1 Å². The smallest absolute Gasteiger partial charge is 0.149 e. The van der Waals surface area contributed by atoms with Gasteiger partial charge in [-0.3, -0.25) is 0 Å². The average molecular weight is 688 g/mol. The number of benzene rings is 6. The maximum atomic E-state index is 6.05. The average Bonchev–Trinajstić information content (AvgIpc) is 3.77. The van der Waals surface area contributed by atoms with Gasteiger partial charge in [-0.2, -0.15) is 0 Å². The highest BCUT2D eigenvalue weighted by Gasteiger charge is 2.18. The van der Waals surface area contributed by atoms with Crippen molar-refractivity contribution in [1.29, 1.82) is 0 Å². The van der Waals surface area contributed by atoms with Gasteiger partial charge in [0.15, 0.2) is 0 Å². The molecule has 0 fully saturated rings. The van der Waals surface area contributed by atoms with Crippen LogP contribution in [0.1, 0.15) is 5.56 Å². The lowest BCUT2D eigenvalue weighted by molar-refractivity contribution is 0.661. The molecule has 0 bridgehead atoms. The Hall–Kier alpha value is -4.52. The summed E-state index contributed by atoms with van der Waals surface area (Å²) in [5, 5.41) is 8.99. The summed E-state index contributed by atoms with van der Waals surface area (Å²) in [5.41, 5.74) is 8.37. The van der Waals surface area contributed by atoms with Crippen LogP contribution in [-0.2, 0) is 0 Å². The molecule has 4 aromatic heterocycles. The summed E-state index contributed by atoms with van der Waals surface area (Å²) in [4.78, 5) is 0. The van der Waals surface area contributed by atoms with Crippen molar-refractivity contribution >= 4 is 120 Å². The van der Waals surface area contributed by atoms with E-state index in [1.807, 2.05) is 72.8 Å². The van der Waals surface area contributed by atoms with Gasteiger partial charge in [0.1, 0.15) is 44.7 Å². The van der Waals surface area contributed by atoms with Crippen molar-refractivity contribution in [3.63, 3.8) is 0 Å². The minimum atomic E-state index is 0.880. The van der Waals surface area contributed by atoms with E-state index in [0.717, 1.165) is 96.7 Å². The Morgan fingerprint density at radius 1 is 0.395 bits per heavy atom. The third kappa shape index (κ3) is 3.66. The van der Waals surface area contributed by atoms with Crippen LogP contribution in [0.3, 0.4) is 0 Å². The highest BCUT2D eigenvalue weighted by atomic mass is 79.9. The summed E-state index contributed by atoms with van der Waals surface area (Å²) in [7, 11) is 0. The Balaban J connectivity index is 0.000000121. The quantitative estimate of drug-likeness (QED) is 0.159. The van der Waals surface area contributed by atoms with Crippen molar-refractivity contribution < 1.29 is 17.7 Å². The van der Waals surface area contributed by atoms with Crippen molar-refractivity contribution in [2.75, 3.05) is 0 Å². The van der Waals surface area contributed by atoms with E-state index in [0.29, 0.717) is 0 Å². The predicted octanol–water partition coefficient (Wildman–Crippen LogP) is 12.8. The van der Waals surface area contributed by atoms with Gasteiger partial charge in [0.25, 0.3) is 0 Å². The summed E-state index contributed by atoms with van der Waals surface area (Å²) >= 11 is 7.14. The van der Waals surface area contributed by atoms with E-state index < -0.39 is 0 Å². The van der Waals surface area contributed by atoms with Crippen molar-refractivity contribution in [1.82, 2.24) is 0 Å². The summed E-state index contributed by atoms with van der Waals surface area (Å²) < 4.78 is 26.0. The van der Waals surface area contributed by atoms with Crippen LogP contribution in [0.4, 0.5) is 0 Å². The first-order chi connectivity index (χ1) is 21.0. The van der Waals surface area contributed by atoms with Crippen LogP contribution in [-0.4, -0.2) is 0 Å². The summed E-state index contributed by atoms with van der Waals surface area (Å²) in [5.74, 6) is 0. The molecule has 10 rings (SSSR count). The van der Waals surface area contributed by atoms with E-state index in [4.69, 9.17) is 17.7 Å². The first-order valence-corrected chi connectivity index (χ1v) is 15.5. The summed E-state index contributed by atoms with van der Waals surface area (Å²) in [6.45, 7) is 2.10. The van der Waals surface area contributed by atoms with Gasteiger partial charge in [-0.1, -0.05) is 54.1 Å². The standard InChI is InChI=1S/C19H11BrO2.C18H9BrO2/c1-10-5-6-14-12(9-10)18-15(21-14)7-8-16-17(18)11-3-2-4-13(20)19(11)22-16;19-12-6-3-5-11-17-15(21-18(11)12)9-8-14-16(17)10-4-1-2-7-13(10)20-14/h2-9H,1H3;1-9H. The maximum absolute atomic E-state index is 6.05. The third-order valence-corrected chi connectivity index (χ3v) is 9.40. The highest BCUT2D eigenvalue weighted by Crippen LogP contribution is 2.43. The highest BCUT2D eigenvalue weighted by molar-refractivity contribution is 9.11. The SMILES string of the molecule is Brc1cccc2c1oc1ccc3oc4ccccc4c3c12.Cc1ccc2oc3ccc4oc5c(Br)cccc5c4c3c2c1. The fourth-order valence-electron chi connectivity index (χ4n) is 6.30. The maximum Gasteiger partial charge on any atom is 0.149 e. The molecule has 0 aliphatic heterocycles. The molecule has 0 aliphatic rings. The van der Waals surface area contributed by atoms with Gasteiger partial charge in [-0.15, -0.1) is 0 Å². The zero-order chi connectivity index (χ0) is 28.8. The lowest BCUT2D eigenvalue weighted by Gasteiger charge is -1.95. The first-order valence-electron chi connectivity index (χ1n) is 13.9. The van der Waals surface area contributed by atoms with Gasteiger partial charge < -0.3 is 17.7 Å². The number of rotatable bonds is 0. The van der Waals surface area contributed by atoms with Crippen LogP contribution >= 0.6 is 31.9 Å². The molecule has 6 aromatic carbocycles. The van der Waals surface area contributed by atoms with Crippen LogP contribution in [0.5, 0.6) is 0 Å². The number of aryl methyl sites for hydroxylation is 1. The van der Waals surface area contributed by atoms with Gasteiger partial charge >= 0.3 is 0 Å².